The lowest BCUT2D eigenvalue weighted by Gasteiger charge is -2.26. The summed E-state index contributed by atoms with van der Waals surface area (Å²) < 4.78 is 0. The highest BCUT2D eigenvalue weighted by Crippen LogP contribution is 2.06. The maximum absolute atomic E-state index is 11.8. The topological polar surface area (TPSA) is 61.0 Å². The number of nitrogens with zero attached hydrogens (tertiary/aromatic N) is 2. The predicted molar refractivity (Wildman–Crippen MR) is 60.9 cm³/mol. The van der Waals surface area contributed by atoms with Crippen molar-refractivity contribution >= 4 is 5.91 Å². The molecular formula is C11H18N4O. The van der Waals surface area contributed by atoms with E-state index in [4.69, 9.17) is 0 Å². The molecule has 5 nitrogen and oxygen atoms in total. The number of hydrogen-bond donors (Lipinski definition) is 2. The SMILES string of the molecule is CCc1ncc(C(=O)NN2CCCCC2)[nH]1. The first kappa shape index (κ1) is 11.1. The fourth-order valence-electron chi connectivity index (χ4n) is 1.87. The van der Waals surface area contributed by atoms with Crippen LogP contribution in [0.4, 0.5) is 0 Å². The van der Waals surface area contributed by atoms with Crippen LogP contribution < -0.4 is 5.43 Å². The lowest BCUT2D eigenvalue weighted by molar-refractivity contribution is 0.0745. The van der Waals surface area contributed by atoms with E-state index >= 15 is 0 Å². The summed E-state index contributed by atoms with van der Waals surface area (Å²) in [5.74, 6) is 0.762. The Balaban J connectivity index is 1.91. The number of imidazole rings is 1. The van der Waals surface area contributed by atoms with E-state index in [1.165, 1.54) is 6.42 Å². The number of rotatable bonds is 3. The van der Waals surface area contributed by atoms with E-state index in [9.17, 15) is 4.79 Å². The number of aromatic amines is 1. The molecule has 2 heterocycles. The van der Waals surface area contributed by atoms with Crippen LogP contribution in [-0.4, -0.2) is 34.0 Å². The van der Waals surface area contributed by atoms with Gasteiger partial charge in [0.15, 0.2) is 0 Å². The van der Waals surface area contributed by atoms with Gasteiger partial charge >= 0.3 is 0 Å². The maximum Gasteiger partial charge on any atom is 0.283 e. The van der Waals surface area contributed by atoms with Crippen molar-refractivity contribution in [2.45, 2.75) is 32.6 Å². The Morgan fingerprint density at radius 3 is 2.88 bits per heavy atom. The third kappa shape index (κ3) is 2.61. The lowest BCUT2D eigenvalue weighted by atomic mass is 10.2. The summed E-state index contributed by atoms with van der Waals surface area (Å²) in [6.45, 7) is 3.90. The third-order valence-corrected chi connectivity index (χ3v) is 2.82. The first-order valence-electron chi connectivity index (χ1n) is 5.89. The largest absolute Gasteiger partial charge is 0.338 e. The molecule has 1 aromatic heterocycles. The number of nitrogens with one attached hydrogen (secondary N) is 2. The highest BCUT2D eigenvalue weighted by molar-refractivity contribution is 5.91. The molecule has 1 amide bonds. The van der Waals surface area contributed by atoms with Gasteiger partial charge in [0.2, 0.25) is 0 Å². The molecule has 0 atom stereocenters. The molecule has 0 spiro atoms. The van der Waals surface area contributed by atoms with Crippen LogP contribution in [0, 0.1) is 0 Å². The van der Waals surface area contributed by atoms with Crippen LogP contribution >= 0.6 is 0 Å². The number of aromatic nitrogens is 2. The normalized spacial score (nSPS) is 17.3. The van der Waals surface area contributed by atoms with Gasteiger partial charge in [-0.15, -0.1) is 0 Å². The minimum absolute atomic E-state index is 0.0888. The summed E-state index contributed by atoms with van der Waals surface area (Å²) in [6, 6.07) is 0. The summed E-state index contributed by atoms with van der Waals surface area (Å²) in [7, 11) is 0. The number of aryl methyl sites for hydroxylation is 1. The van der Waals surface area contributed by atoms with Crippen LogP contribution in [0.5, 0.6) is 0 Å². The van der Waals surface area contributed by atoms with Gasteiger partial charge < -0.3 is 4.98 Å². The molecule has 1 aromatic rings. The van der Waals surface area contributed by atoms with Gasteiger partial charge in [-0.05, 0) is 12.8 Å². The van der Waals surface area contributed by atoms with Crippen LogP contribution in [-0.2, 0) is 6.42 Å². The number of piperidine rings is 1. The van der Waals surface area contributed by atoms with Crippen molar-refractivity contribution in [1.82, 2.24) is 20.4 Å². The van der Waals surface area contributed by atoms with Gasteiger partial charge in [0.05, 0.1) is 6.20 Å². The summed E-state index contributed by atoms with van der Waals surface area (Å²) in [5.41, 5.74) is 3.44. The highest BCUT2D eigenvalue weighted by Gasteiger charge is 2.15. The molecule has 5 heteroatoms. The molecule has 2 rings (SSSR count). The Kier molecular flexibility index (Phi) is 3.56. The summed E-state index contributed by atoms with van der Waals surface area (Å²) >= 11 is 0. The molecule has 0 saturated carbocycles. The molecule has 0 bridgehead atoms. The molecule has 2 N–H and O–H groups in total. The second kappa shape index (κ2) is 5.12. The van der Waals surface area contributed by atoms with Crippen molar-refractivity contribution in [3.8, 4) is 0 Å². The van der Waals surface area contributed by atoms with Gasteiger partial charge in [0.25, 0.3) is 5.91 Å². The Labute approximate surface area is 95.2 Å². The quantitative estimate of drug-likeness (QED) is 0.805. The number of carbonyl (C=O) groups is 1. The Morgan fingerprint density at radius 1 is 1.50 bits per heavy atom. The summed E-state index contributed by atoms with van der Waals surface area (Å²) in [4.78, 5) is 18.9. The fourth-order valence-corrected chi connectivity index (χ4v) is 1.87. The fraction of sp³-hybridized carbons (Fsp3) is 0.636. The van der Waals surface area contributed by atoms with E-state index in [1.54, 1.807) is 6.20 Å². The standard InChI is InChI=1S/C11H18N4O/c1-2-10-12-8-9(13-10)11(16)14-15-6-4-3-5-7-15/h8H,2-7H2,1H3,(H,12,13)(H,14,16). The van der Waals surface area contributed by atoms with Gasteiger partial charge in [0.1, 0.15) is 11.5 Å². The molecule has 0 aliphatic carbocycles. The zero-order valence-corrected chi connectivity index (χ0v) is 9.62. The van der Waals surface area contributed by atoms with E-state index in [1.807, 2.05) is 11.9 Å². The van der Waals surface area contributed by atoms with Crippen LogP contribution in [0.2, 0.25) is 0 Å². The number of hydrazine groups is 1. The number of hydrogen-bond acceptors (Lipinski definition) is 3. The van der Waals surface area contributed by atoms with Gasteiger partial charge in [-0.2, -0.15) is 0 Å². The minimum Gasteiger partial charge on any atom is -0.338 e. The Bertz CT molecular complexity index is 355. The van der Waals surface area contributed by atoms with E-state index in [2.05, 4.69) is 15.4 Å². The van der Waals surface area contributed by atoms with E-state index in [-0.39, 0.29) is 5.91 Å². The van der Waals surface area contributed by atoms with Crippen molar-refractivity contribution < 1.29 is 4.79 Å². The monoisotopic (exact) mass is 222 g/mol. The molecule has 1 fully saturated rings. The van der Waals surface area contributed by atoms with E-state index < -0.39 is 0 Å². The Hall–Kier alpha value is -1.36. The molecular weight excluding hydrogens is 204 g/mol. The minimum atomic E-state index is -0.0888. The zero-order valence-electron chi connectivity index (χ0n) is 9.62. The average Bonchev–Trinajstić information content (AvgIpc) is 2.79. The van der Waals surface area contributed by atoms with Crippen molar-refractivity contribution in [1.29, 1.82) is 0 Å². The molecule has 0 aromatic carbocycles. The first-order chi connectivity index (χ1) is 7.79. The van der Waals surface area contributed by atoms with Gasteiger partial charge in [0, 0.05) is 19.5 Å². The summed E-state index contributed by atoms with van der Waals surface area (Å²) in [5, 5.41) is 1.98. The predicted octanol–water partition coefficient (Wildman–Crippen LogP) is 1.10. The molecule has 0 radical (unpaired) electrons. The smallest absolute Gasteiger partial charge is 0.283 e. The van der Waals surface area contributed by atoms with Gasteiger partial charge in [-0.25, -0.2) is 9.99 Å². The number of H-pyrrole nitrogens is 1. The molecule has 88 valence electrons. The molecule has 0 unspecified atom stereocenters. The second-order valence-corrected chi connectivity index (χ2v) is 4.09. The molecule has 16 heavy (non-hydrogen) atoms. The second-order valence-electron chi connectivity index (χ2n) is 4.09. The molecule has 1 aliphatic heterocycles. The van der Waals surface area contributed by atoms with Gasteiger partial charge in [-0.3, -0.25) is 10.2 Å². The van der Waals surface area contributed by atoms with Crippen LogP contribution in [0.1, 0.15) is 42.5 Å². The summed E-state index contributed by atoms with van der Waals surface area (Å²) in [6.07, 6.45) is 5.98. The number of amides is 1. The van der Waals surface area contributed by atoms with Gasteiger partial charge in [-0.1, -0.05) is 13.3 Å². The molecule has 1 aliphatic rings. The van der Waals surface area contributed by atoms with Crippen molar-refractivity contribution in [3.05, 3.63) is 17.7 Å². The highest BCUT2D eigenvalue weighted by atomic mass is 16.2. The van der Waals surface area contributed by atoms with Crippen molar-refractivity contribution in [3.63, 3.8) is 0 Å². The van der Waals surface area contributed by atoms with Crippen LogP contribution in [0.15, 0.2) is 6.20 Å². The zero-order chi connectivity index (χ0) is 11.4. The van der Waals surface area contributed by atoms with Crippen molar-refractivity contribution in [2.75, 3.05) is 13.1 Å². The van der Waals surface area contributed by atoms with Crippen LogP contribution in [0.3, 0.4) is 0 Å². The maximum atomic E-state index is 11.8. The third-order valence-electron chi connectivity index (χ3n) is 2.82. The average molecular weight is 222 g/mol. The lowest BCUT2D eigenvalue weighted by Crippen LogP contribution is -2.45. The molecule has 1 saturated heterocycles. The van der Waals surface area contributed by atoms with E-state index in [0.29, 0.717) is 5.69 Å². The van der Waals surface area contributed by atoms with Crippen LogP contribution in [0.25, 0.3) is 0 Å². The number of carbonyl (C=O) groups excluding carboxylic acids is 1. The van der Waals surface area contributed by atoms with Crippen molar-refractivity contribution in [2.24, 2.45) is 0 Å². The van der Waals surface area contributed by atoms with E-state index in [0.717, 1.165) is 38.2 Å². The Morgan fingerprint density at radius 2 is 2.25 bits per heavy atom. The first-order valence-corrected chi connectivity index (χ1v) is 5.89.